The minimum Gasteiger partial charge on any atom is -0.465 e. The van der Waals surface area contributed by atoms with Gasteiger partial charge in [-0.15, -0.1) is 0 Å². The van der Waals surface area contributed by atoms with Gasteiger partial charge in [0.05, 0.1) is 23.8 Å². The summed E-state index contributed by atoms with van der Waals surface area (Å²) < 4.78 is 6.99. The molecule has 0 aliphatic rings. The third kappa shape index (κ3) is 1.79. The van der Waals surface area contributed by atoms with Crippen molar-refractivity contribution in [1.29, 1.82) is 0 Å². The van der Waals surface area contributed by atoms with E-state index < -0.39 is 0 Å². The lowest BCUT2D eigenvalue weighted by atomic mass is 10.1. The van der Waals surface area contributed by atoms with Gasteiger partial charge in [-0.2, -0.15) is 5.10 Å². The number of hydrogen-bond acceptors (Lipinski definition) is 3. The first kappa shape index (κ1) is 9.58. The van der Waals surface area contributed by atoms with Crippen LogP contribution in [0.25, 0.3) is 11.6 Å². The van der Waals surface area contributed by atoms with Gasteiger partial charge in [0, 0.05) is 7.05 Å². The van der Waals surface area contributed by atoms with Crippen molar-refractivity contribution < 1.29 is 4.42 Å². The number of furan rings is 1. The van der Waals surface area contributed by atoms with Gasteiger partial charge in [-0.3, -0.25) is 4.68 Å². The molecule has 0 amide bonds. The van der Waals surface area contributed by atoms with Gasteiger partial charge in [0.1, 0.15) is 5.76 Å². The fraction of sp³-hybridized carbons (Fsp3) is 0.182. The molecule has 4 nitrogen and oxygen atoms in total. The predicted molar refractivity (Wildman–Crippen MR) is 59.9 cm³/mol. The number of nitrogen functional groups attached to an aromatic ring is 1. The van der Waals surface area contributed by atoms with Gasteiger partial charge in [-0.05, 0) is 30.7 Å². The van der Waals surface area contributed by atoms with Gasteiger partial charge < -0.3 is 10.2 Å². The lowest BCUT2D eigenvalue weighted by molar-refractivity contribution is 0.557. The summed E-state index contributed by atoms with van der Waals surface area (Å²) in [6.45, 7) is 1.98. The van der Waals surface area contributed by atoms with Gasteiger partial charge >= 0.3 is 0 Å². The van der Waals surface area contributed by atoms with Crippen LogP contribution >= 0.6 is 0 Å². The molecule has 15 heavy (non-hydrogen) atoms. The molecule has 78 valence electrons. The highest BCUT2D eigenvalue weighted by atomic mass is 16.3. The molecule has 2 aromatic heterocycles. The predicted octanol–water partition coefficient (Wildman–Crippen LogP) is 2.16. The summed E-state index contributed by atoms with van der Waals surface area (Å²) in [5.74, 6) is 0.813. The Hall–Kier alpha value is -1.97. The number of aromatic nitrogens is 2. The van der Waals surface area contributed by atoms with E-state index in [1.807, 2.05) is 32.2 Å². The van der Waals surface area contributed by atoms with Gasteiger partial charge in [0.25, 0.3) is 0 Å². The van der Waals surface area contributed by atoms with Crippen LogP contribution in [0.3, 0.4) is 0 Å². The van der Waals surface area contributed by atoms with Crippen LogP contribution in [0, 0.1) is 0 Å². The molecule has 2 aromatic rings. The minimum atomic E-state index is 0.679. The van der Waals surface area contributed by atoms with Crippen LogP contribution in [0.2, 0.25) is 0 Å². The monoisotopic (exact) mass is 203 g/mol. The number of nitrogens with zero attached hydrogens (tertiary/aromatic N) is 2. The number of hydrogen-bond donors (Lipinski definition) is 1. The zero-order chi connectivity index (χ0) is 10.8. The Balaban J connectivity index is 2.40. The maximum atomic E-state index is 5.82. The molecule has 0 aromatic carbocycles. The van der Waals surface area contributed by atoms with Crippen molar-refractivity contribution in [3.05, 3.63) is 36.0 Å². The first-order valence-corrected chi connectivity index (χ1v) is 4.68. The lowest BCUT2D eigenvalue weighted by Crippen LogP contribution is -1.98. The van der Waals surface area contributed by atoms with Crippen molar-refractivity contribution in [3.63, 3.8) is 0 Å². The van der Waals surface area contributed by atoms with Gasteiger partial charge in [0.15, 0.2) is 0 Å². The second-order valence-electron chi connectivity index (χ2n) is 3.41. The van der Waals surface area contributed by atoms with Crippen molar-refractivity contribution in [2.45, 2.75) is 6.92 Å². The number of anilines is 1. The third-order valence-corrected chi connectivity index (χ3v) is 2.24. The molecule has 0 fully saturated rings. The Bertz CT molecular complexity index is 460. The highest BCUT2D eigenvalue weighted by Gasteiger charge is 2.07. The second kappa shape index (κ2) is 3.65. The van der Waals surface area contributed by atoms with Crippen molar-refractivity contribution in [2.75, 3.05) is 5.73 Å². The fourth-order valence-electron chi connectivity index (χ4n) is 1.59. The quantitative estimate of drug-likeness (QED) is 0.813. The zero-order valence-electron chi connectivity index (χ0n) is 8.77. The Kier molecular flexibility index (Phi) is 2.33. The first-order valence-electron chi connectivity index (χ1n) is 4.68. The normalized spacial score (nSPS) is 12.0. The Morgan fingerprint density at radius 1 is 1.60 bits per heavy atom. The van der Waals surface area contributed by atoms with Crippen molar-refractivity contribution in [3.8, 4) is 0 Å². The SMILES string of the molecule is C/C(=C\c1ccco1)c1c(N)cnn1C. The van der Waals surface area contributed by atoms with E-state index in [9.17, 15) is 0 Å². The van der Waals surface area contributed by atoms with E-state index in [-0.39, 0.29) is 0 Å². The molecular formula is C11H13N3O. The fourth-order valence-corrected chi connectivity index (χ4v) is 1.59. The van der Waals surface area contributed by atoms with Crippen LogP contribution in [0.1, 0.15) is 18.4 Å². The Labute approximate surface area is 88.0 Å². The van der Waals surface area contributed by atoms with E-state index in [4.69, 9.17) is 10.2 Å². The van der Waals surface area contributed by atoms with E-state index >= 15 is 0 Å². The Morgan fingerprint density at radius 2 is 2.40 bits per heavy atom. The minimum absolute atomic E-state index is 0.679. The van der Waals surface area contributed by atoms with E-state index in [1.165, 1.54) is 0 Å². The van der Waals surface area contributed by atoms with Gasteiger partial charge in [0.2, 0.25) is 0 Å². The summed E-state index contributed by atoms with van der Waals surface area (Å²) in [6.07, 6.45) is 5.23. The second-order valence-corrected chi connectivity index (χ2v) is 3.41. The average Bonchev–Trinajstić information content (AvgIpc) is 2.77. The molecule has 2 rings (SSSR count). The molecule has 0 saturated carbocycles. The molecular weight excluding hydrogens is 190 g/mol. The van der Waals surface area contributed by atoms with Crippen molar-refractivity contribution in [2.24, 2.45) is 7.05 Å². The summed E-state index contributed by atoms with van der Waals surface area (Å²) in [7, 11) is 1.87. The van der Waals surface area contributed by atoms with E-state index in [0.717, 1.165) is 17.0 Å². The molecule has 0 aliphatic heterocycles. The van der Waals surface area contributed by atoms with Crippen LogP contribution in [0.15, 0.2) is 29.0 Å². The zero-order valence-corrected chi connectivity index (χ0v) is 8.77. The number of aryl methyl sites for hydroxylation is 1. The standard InChI is InChI=1S/C11H13N3O/c1-8(6-9-4-3-5-15-9)11-10(12)7-13-14(11)2/h3-7H,12H2,1-2H3/b8-6+. The van der Waals surface area contributed by atoms with E-state index in [0.29, 0.717) is 5.69 Å². The van der Waals surface area contributed by atoms with Gasteiger partial charge in [-0.1, -0.05) is 0 Å². The molecule has 2 heterocycles. The molecule has 0 aliphatic carbocycles. The molecule has 0 saturated heterocycles. The number of rotatable bonds is 2. The molecule has 0 spiro atoms. The Morgan fingerprint density at radius 3 is 2.93 bits per heavy atom. The van der Waals surface area contributed by atoms with Crippen molar-refractivity contribution >= 4 is 17.3 Å². The van der Waals surface area contributed by atoms with E-state index in [1.54, 1.807) is 17.1 Å². The number of nitrogens with two attached hydrogens (primary N) is 1. The highest BCUT2D eigenvalue weighted by molar-refractivity contribution is 5.82. The number of allylic oxidation sites excluding steroid dienone is 1. The maximum Gasteiger partial charge on any atom is 0.126 e. The summed E-state index contributed by atoms with van der Waals surface area (Å²) in [5, 5.41) is 4.09. The van der Waals surface area contributed by atoms with Crippen molar-refractivity contribution in [1.82, 2.24) is 9.78 Å². The molecule has 4 heteroatoms. The summed E-state index contributed by atoms with van der Waals surface area (Å²) in [4.78, 5) is 0. The van der Waals surface area contributed by atoms with Crippen LogP contribution in [-0.4, -0.2) is 9.78 Å². The summed E-state index contributed by atoms with van der Waals surface area (Å²) in [6, 6.07) is 3.75. The summed E-state index contributed by atoms with van der Waals surface area (Å²) >= 11 is 0. The van der Waals surface area contributed by atoms with Crippen LogP contribution in [0.5, 0.6) is 0 Å². The first-order chi connectivity index (χ1) is 7.18. The van der Waals surface area contributed by atoms with Gasteiger partial charge in [-0.25, -0.2) is 0 Å². The molecule has 0 bridgehead atoms. The molecule has 0 atom stereocenters. The molecule has 2 N–H and O–H groups in total. The van der Waals surface area contributed by atoms with E-state index in [2.05, 4.69) is 5.10 Å². The molecule has 0 unspecified atom stereocenters. The largest absolute Gasteiger partial charge is 0.465 e. The lowest BCUT2D eigenvalue weighted by Gasteiger charge is -2.02. The highest BCUT2D eigenvalue weighted by Crippen LogP contribution is 2.22. The van der Waals surface area contributed by atoms with Crippen LogP contribution < -0.4 is 5.73 Å². The smallest absolute Gasteiger partial charge is 0.126 e. The third-order valence-electron chi connectivity index (χ3n) is 2.24. The van der Waals surface area contributed by atoms with Crippen LogP contribution in [0.4, 0.5) is 5.69 Å². The maximum absolute atomic E-state index is 5.82. The summed E-state index contributed by atoms with van der Waals surface area (Å²) in [5.41, 5.74) is 8.45. The topological polar surface area (TPSA) is 57.0 Å². The average molecular weight is 203 g/mol. The van der Waals surface area contributed by atoms with Crippen LogP contribution in [-0.2, 0) is 7.05 Å². The molecule has 0 radical (unpaired) electrons.